The van der Waals surface area contributed by atoms with Crippen LogP contribution in [0.3, 0.4) is 0 Å². The molecule has 4 aromatic rings. The number of carbonyl (C=O) groups is 1. The molecule has 0 aliphatic carbocycles. The standard InChI is InChI=1S/C24H22N4O4S/c1-16-13-14-25-24(26-16)28-33(30,31)22-11-8-20(9-12-22)27-23(29)17(2)32-21-10-7-18-5-3-4-6-19(18)15-21/h3-15,17H,1-2H3,(H,27,29)(H,25,26,28)/t17-/m0/s1. The van der Waals surface area contributed by atoms with Gasteiger partial charge in [-0.05, 0) is 67.1 Å². The molecule has 33 heavy (non-hydrogen) atoms. The number of anilines is 2. The molecule has 0 saturated carbocycles. The Morgan fingerprint density at radius 1 is 0.970 bits per heavy atom. The summed E-state index contributed by atoms with van der Waals surface area (Å²) in [5.41, 5.74) is 1.08. The van der Waals surface area contributed by atoms with Crippen molar-refractivity contribution in [2.24, 2.45) is 0 Å². The minimum absolute atomic E-state index is 0.00737. The normalized spacial score (nSPS) is 12.2. The van der Waals surface area contributed by atoms with Crippen molar-refractivity contribution in [3.63, 3.8) is 0 Å². The Bertz CT molecular complexity index is 1410. The van der Waals surface area contributed by atoms with E-state index in [0.717, 1.165) is 10.8 Å². The van der Waals surface area contributed by atoms with Crippen LogP contribution in [0, 0.1) is 6.92 Å². The summed E-state index contributed by atoms with van der Waals surface area (Å²) in [5, 5.41) is 4.83. The van der Waals surface area contributed by atoms with Gasteiger partial charge in [0, 0.05) is 17.6 Å². The first kappa shape index (κ1) is 22.2. The van der Waals surface area contributed by atoms with E-state index < -0.39 is 16.1 Å². The zero-order valence-electron chi connectivity index (χ0n) is 18.0. The molecule has 1 heterocycles. The summed E-state index contributed by atoms with van der Waals surface area (Å²) in [4.78, 5) is 20.5. The number of ether oxygens (including phenoxy) is 1. The number of sulfonamides is 1. The van der Waals surface area contributed by atoms with Crippen LogP contribution in [0.2, 0.25) is 0 Å². The molecule has 0 bridgehead atoms. The zero-order chi connectivity index (χ0) is 23.4. The van der Waals surface area contributed by atoms with Crippen molar-refractivity contribution < 1.29 is 17.9 Å². The molecule has 0 unspecified atom stereocenters. The molecule has 0 saturated heterocycles. The highest BCUT2D eigenvalue weighted by Gasteiger charge is 2.18. The lowest BCUT2D eigenvalue weighted by atomic mass is 10.1. The molecule has 0 aliphatic rings. The van der Waals surface area contributed by atoms with Crippen molar-refractivity contribution in [2.75, 3.05) is 10.0 Å². The minimum Gasteiger partial charge on any atom is -0.481 e. The summed E-state index contributed by atoms with van der Waals surface area (Å²) in [6, 6.07) is 21.0. The second-order valence-electron chi connectivity index (χ2n) is 7.41. The van der Waals surface area contributed by atoms with Crippen molar-refractivity contribution in [1.29, 1.82) is 0 Å². The fourth-order valence-electron chi connectivity index (χ4n) is 3.14. The highest BCUT2D eigenvalue weighted by molar-refractivity contribution is 7.92. The Morgan fingerprint density at radius 2 is 1.70 bits per heavy atom. The second kappa shape index (κ2) is 9.25. The molecule has 2 N–H and O–H groups in total. The number of nitrogens with one attached hydrogen (secondary N) is 2. The Balaban J connectivity index is 1.39. The van der Waals surface area contributed by atoms with Crippen LogP contribution in [0.1, 0.15) is 12.6 Å². The molecule has 1 atom stereocenters. The number of carbonyl (C=O) groups excluding carboxylic acids is 1. The maximum atomic E-state index is 12.6. The molecule has 0 radical (unpaired) electrons. The van der Waals surface area contributed by atoms with Crippen molar-refractivity contribution in [3.8, 4) is 5.75 Å². The first-order chi connectivity index (χ1) is 15.8. The van der Waals surface area contributed by atoms with E-state index in [1.165, 1.54) is 30.5 Å². The minimum atomic E-state index is -3.86. The molecule has 8 nitrogen and oxygen atoms in total. The third-order valence-corrected chi connectivity index (χ3v) is 6.20. The number of aromatic nitrogens is 2. The Hall–Kier alpha value is -3.98. The molecule has 0 fully saturated rings. The van der Waals surface area contributed by atoms with E-state index in [1.54, 1.807) is 19.9 Å². The van der Waals surface area contributed by atoms with Crippen molar-refractivity contribution >= 4 is 38.3 Å². The van der Waals surface area contributed by atoms with Crippen LogP contribution < -0.4 is 14.8 Å². The van der Waals surface area contributed by atoms with Crippen LogP contribution in [-0.2, 0) is 14.8 Å². The lowest BCUT2D eigenvalue weighted by Crippen LogP contribution is -2.30. The number of rotatable bonds is 7. The topological polar surface area (TPSA) is 110 Å². The van der Waals surface area contributed by atoms with Gasteiger partial charge in [0.2, 0.25) is 5.95 Å². The highest BCUT2D eigenvalue weighted by atomic mass is 32.2. The van der Waals surface area contributed by atoms with Crippen LogP contribution in [0.5, 0.6) is 5.75 Å². The third kappa shape index (κ3) is 5.45. The molecule has 0 spiro atoms. The van der Waals surface area contributed by atoms with E-state index in [2.05, 4.69) is 20.0 Å². The van der Waals surface area contributed by atoms with Gasteiger partial charge in [0.15, 0.2) is 6.10 Å². The molecule has 168 valence electrons. The summed E-state index contributed by atoms with van der Waals surface area (Å²) in [7, 11) is -3.86. The van der Waals surface area contributed by atoms with E-state index in [0.29, 0.717) is 17.1 Å². The number of hydrogen-bond donors (Lipinski definition) is 2. The van der Waals surface area contributed by atoms with Gasteiger partial charge in [-0.25, -0.2) is 23.1 Å². The smallest absolute Gasteiger partial charge is 0.265 e. The van der Waals surface area contributed by atoms with E-state index in [1.807, 2.05) is 42.5 Å². The largest absolute Gasteiger partial charge is 0.481 e. The monoisotopic (exact) mass is 462 g/mol. The van der Waals surface area contributed by atoms with Gasteiger partial charge in [0.25, 0.3) is 15.9 Å². The molecule has 4 rings (SSSR count). The fraction of sp³-hybridized carbons (Fsp3) is 0.125. The van der Waals surface area contributed by atoms with Gasteiger partial charge < -0.3 is 10.1 Å². The van der Waals surface area contributed by atoms with Crippen LogP contribution in [-0.4, -0.2) is 30.4 Å². The molecule has 0 aliphatic heterocycles. The molecule has 1 aromatic heterocycles. The summed E-state index contributed by atoms with van der Waals surface area (Å²) < 4.78 is 33.2. The number of aryl methyl sites for hydroxylation is 1. The third-order valence-electron chi connectivity index (χ3n) is 4.86. The molecule has 1 amide bonds. The second-order valence-corrected chi connectivity index (χ2v) is 9.09. The van der Waals surface area contributed by atoms with Gasteiger partial charge in [-0.2, -0.15) is 0 Å². The van der Waals surface area contributed by atoms with Gasteiger partial charge in [-0.15, -0.1) is 0 Å². The van der Waals surface area contributed by atoms with Crippen LogP contribution in [0.25, 0.3) is 10.8 Å². The van der Waals surface area contributed by atoms with Gasteiger partial charge in [0.05, 0.1) is 4.90 Å². The number of hydrogen-bond acceptors (Lipinski definition) is 6. The van der Waals surface area contributed by atoms with E-state index in [-0.39, 0.29) is 16.8 Å². The lowest BCUT2D eigenvalue weighted by Gasteiger charge is -2.15. The average molecular weight is 463 g/mol. The fourth-order valence-corrected chi connectivity index (χ4v) is 4.09. The highest BCUT2D eigenvalue weighted by Crippen LogP contribution is 2.22. The Morgan fingerprint density at radius 3 is 2.42 bits per heavy atom. The number of amides is 1. The maximum Gasteiger partial charge on any atom is 0.265 e. The number of benzene rings is 3. The van der Waals surface area contributed by atoms with Crippen molar-refractivity contribution in [2.45, 2.75) is 24.8 Å². The molecular formula is C24H22N4O4S. The first-order valence-electron chi connectivity index (χ1n) is 10.2. The van der Waals surface area contributed by atoms with Gasteiger partial charge in [0.1, 0.15) is 5.75 Å². The maximum absolute atomic E-state index is 12.6. The molecule has 9 heteroatoms. The van der Waals surface area contributed by atoms with Crippen molar-refractivity contribution in [1.82, 2.24) is 9.97 Å². The van der Waals surface area contributed by atoms with E-state index in [4.69, 9.17) is 4.74 Å². The Labute approximate surface area is 191 Å². The van der Waals surface area contributed by atoms with Crippen LogP contribution >= 0.6 is 0 Å². The average Bonchev–Trinajstić information content (AvgIpc) is 2.79. The number of nitrogens with zero attached hydrogens (tertiary/aromatic N) is 2. The van der Waals surface area contributed by atoms with Crippen molar-refractivity contribution in [3.05, 3.63) is 84.7 Å². The predicted octanol–water partition coefficient (Wildman–Crippen LogP) is 4.15. The van der Waals surface area contributed by atoms with Crippen LogP contribution in [0.4, 0.5) is 11.6 Å². The van der Waals surface area contributed by atoms with E-state index >= 15 is 0 Å². The van der Waals surface area contributed by atoms with E-state index in [9.17, 15) is 13.2 Å². The zero-order valence-corrected chi connectivity index (χ0v) is 18.8. The summed E-state index contributed by atoms with van der Waals surface area (Å²) >= 11 is 0. The summed E-state index contributed by atoms with van der Waals surface area (Å²) in [6.07, 6.45) is 0.717. The lowest BCUT2D eigenvalue weighted by molar-refractivity contribution is -0.122. The van der Waals surface area contributed by atoms with Gasteiger partial charge in [-0.3, -0.25) is 4.79 Å². The summed E-state index contributed by atoms with van der Waals surface area (Å²) in [5.74, 6) is 0.222. The van der Waals surface area contributed by atoms with Gasteiger partial charge >= 0.3 is 0 Å². The first-order valence-corrected chi connectivity index (χ1v) is 11.7. The van der Waals surface area contributed by atoms with Crippen LogP contribution in [0.15, 0.2) is 83.9 Å². The molecule has 3 aromatic carbocycles. The SMILES string of the molecule is Cc1ccnc(NS(=O)(=O)c2ccc(NC(=O)[C@H](C)Oc3ccc4ccccc4c3)cc2)n1. The quantitative estimate of drug-likeness (QED) is 0.427. The molecular weight excluding hydrogens is 440 g/mol. The summed E-state index contributed by atoms with van der Waals surface area (Å²) in [6.45, 7) is 3.39. The predicted molar refractivity (Wildman–Crippen MR) is 127 cm³/mol. The number of fused-ring (bicyclic) bond motifs is 1. The van der Waals surface area contributed by atoms with Gasteiger partial charge in [-0.1, -0.05) is 30.3 Å². The Kier molecular flexibility index (Phi) is 6.23.